The van der Waals surface area contributed by atoms with Crippen molar-refractivity contribution < 1.29 is 8.42 Å². The highest BCUT2D eigenvalue weighted by Crippen LogP contribution is 2.24. The summed E-state index contributed by atoms with van der Waals surface area (Å²) in [4.78, 5) is 6.77. The van der Waals surface area contributed by atoms with E-state index >= 15 is 0 Å². The topological polar surface area (TPSA) is 85.8 Å². The van der Waals surface area contributed by atoms with Gasteiger partial charge >= 0.3 is 0 Å². The standard InChI is InChI=1S/C20H29N5O2S2/c1-21-20(24-18-8-10-25(11-9-18)19-7-4-12-28-19)23-14-16-5-3-6-17(13-16)15-29(26,27)22-2/h3-7,12-13,18,22H,8-11,14-15H2,1-2H3,(H2,21,23,24). The average Bonchev–Trinajstić information content (AvgIpc) is 3.26. The van der Waals surface area contributed by atoms with Crippen molar-refractivity contribution in [3.8, 4) is 0 Å². The molecule has 1 saturated heterocycles. The molecule has 0 amide bonds. The van der Waals surface area contributed by atoms with Crippen LogP contribution in [0.2, 0.25) is 0 Å². The number of anilines is 1. The van der Waals surface area contributed by atoms with Gasteiger partial charge in [0.05, 0.1) is 10.8 Å². The van der Waals surface area contributed by atoms with Gasteiger partial charge in [-0.3, -0.25) is 4.99 Å². The number of hydrogen-bond acceptors (Lipinski definition) is 5. The van der Waals surface area contributed by atoms with Gasteiger partial charge in [0.15, 0.2) is 5.96 Å². The quantitative estimate of drug-likeness (QED) is 0.458. The first-order valence-corrected chi connectivity index (χ1v) is 12.3. The number of nitrogens with zero attached hydrogens (tertiary/aromatic N) is 2. The first-order valence-electron chi connectivity index (χ1n) is 9.74. The van der Waals surface area contributed by atoms with Gasteiger partial charge in [-0.25, -0.2) is 13.1 Å². The molecule has 0 unspecified atom stereocenters. The lowest BCUT2D eigenvalue weighted by Gasteiger charge is -2.33. The fourth-order valence-electron chi connectivity index (χ4n) is 3.39. The summed E-state index contributed by atoms with van der Waals surface area (Å²) in [6.07, 6.45) is 2.13. The average molecular weight is 436 g/mol. The minimum atomic E-state index is -3.28. The summed E-state index contributed by atoms with van der Waals surface area (Å²) in [6.45, 7) is 2.66. The van der Waals surface area contributed by atoms with Crippen molar-refractivity contribution in [2.24, 2.45) is 4.99 Å². The largest absolute Gasteiger partial charge is 0.363 e. The summed E-state index contributed by atoms with van der Waals surface area (Å²) in [6, 6.07) is 12.3. The Morgan fingerprint density at radius 2 is 1.97 bits per heavy atom. The Balaban J connectivity index is 1.49. The van der Waals surface area contributed by atoms with Gasteiger partial charge in [-0.05, 0) is 48.5 Å². The zero-order chi connectivity index (χ0) is 20.7. The lowest BCUT2D eigenvalue weighted by Crippen LogP contribution is -2.48. The molecule has 9 heteroatoms. The molecule has 1 aromatic carbocycles. The van der Waals surface area contributed by atoms with Gasteiger partial charge < -0.3 is 15.5 Å². The zero-order valence-electron chi connectivity index (χ0n) is 16.9. The van der Waals surface area contributed by atoms with Crippen molar-refractivity contribution in [1.29, 1.82) is 0 Å². The molecular formula is C20H29N5O2S2. The predicted molar refractivity (Wildman–Crippen MR) is 121 cm³/mol. The maximum absolute atomic E-state index is 11.8. The van der Waals surface area contributed by atoms with Crippen LogP contribution in [0.15, 0.2) is 46.8 Å². The molecule has 0 saturated carbocycles. The van der Waals surface area contributed by atoms with E-state index < -0.39 is 10.0 Å². The van der Waals surface area contributed by atoms with Crippen molar-refractivity contribution in [2.45, 2.75) is 31.2 Å². The molecule has 3 rings (SSSR count). The third-order valence-corrected chi connectivity index (χ3v) is 7.26. The smallest absolute Gasteiger partial charge is 0.215 e. The van der Waals surface area contributed by atoms with Gasteiger partial charge in [0.25, 0.3) is 0 Å². The van der Waals surface area contributed by atoms with E-state index in [9.17, 15) is 8.42 Å². The molecule has 0 radical (unpaired) electrons. The van der Waals surface area contributed by atoms with Crippen LogP contribution in [0.3, 0.4) is 0 Å². The minimum absolute atomic E-state index is 0.0207. The molecule has 1 aliphatic rings. The number of guanidine groups is 1. The molecule has 2 heterocycles. The maximum Gasteiger partial charge on any atom is 0.215 e. The van der Waals surface area contributed by atoms with Crippen LogP contribution in [0.5, 0.6) is 0 Å². The first-order chi connectivity index (χ1) is 14.0. The van der Waals surface area contributed by atoms with E-state index in [0.717, 1.165) is 43.0 Å². The molecule has 29 heavy (non-hydrogen) atoms. The first kappa shape index (κ1) is 21.6. The monoisotopic (exact) mass is 435 g/mol. The molecule has 0 spiro atoms. The summed E-state index contributed by atoms with van der Waals surface area (Å²) in [5.41, 5.74) is 1.78. The van der Waals surface area contributed by atoms with E-state index in [2.05, 4.69) is 42.8 Å². The van der Waals surface area contributed by atoms with Crippen LogP contribution in [0.25, 0.3) is 0 Å². The number of thiophene rings is 1. The minimum Gasteiger partial charge on any atom is -0.363 e. The molecule has 0 atom stereocenters. The highest BCUT2D eigenvalue weighted by Gasteiger charge is 2.20. The normalized spacial score (nSPS) is 16.1. The second kappa shape index (κ2) is 10.1. The van der Waals surface area contributed by atoms with Crippen LogP contribution in [-0.4, -0.2) is 47.6 Å². The molecule has 1 aliphatic heterocycles. The van der Waals surface area contributed by atoms with Gasteiger partial charge in [-0.2, -0.15) is 0 Å². The number of benzene rings is 1. The second-order valence-electron chi connectivity index (χ2n) is 7.07. The van der Waals surface area contributed by atoms with Crippen molar-refractivity contribution in [3.05, 3.63) is 52.9 Å². The van der Waals surface area contributed by atoms with Gasteiger partial charge in [-0.15, -0.1) is 11.3 Å². The predicted octanol–water partition coefficient (Wildman–Crippen LogP) is 2.13. The number of piperidine rings is 1. The Hall–Kier alpha value is -2.10. The van der Waals surface area contributed by atoms with Crippen LogP contribution in [-0.2, 0) is 22.3 Å². The maximum atomic E-state index is 11.8. The number of rotatable bonds is 7. The van der Waals surface area contributed by atoms with Crippen LogP contribution >= 0.6 is 11.3 Å². The van der Waals surface area contributed by atoms with Gasteiger partial charge in [0, 0.05) is 32.7 Å². The fourth-order valence-corrected chi connectivity index (χ4v) is 4.94. The summed E-state index contributed by atoms with van der Waals surface area (Å²) < 4.78 is 25.9. The zero-order valence-corrected chi connectivity index (χ0v) is 18.5. The van der Waals surface area contributed by atoms with E-state index in [1.165, 1.54) is 12.0 Å². The second-order valence-corrected chi connectivity index (χ2v) is 9.92. The molecule has 1 aromatic heterocycles. The van der Waals surface area contributed by atoms with Crippen LogP contribution < -0.4 is 20.3 Å². The summed E-state index contributed by atoms with van der Waals surface area (Å²) in [5, 5.41) is 10.3. The highest BCUT2D eigenvalue weighted by molar-refractivity contribution is 7.88. The Labute approximate surface area is 177 Å². The van der Waals surface area contributed by atoms with Crippen LogP contribution in [0.4, 0.5) is 5.00 Å². The SMILES string of the molecule is CN=C(NCc1cccc(CS(=O)(=O)NC)c1)NC1CCN(c2cccs2)CC1. The van der Waals surface area contributed by atoms with Crippen molar-refractivity contribution in [3.63, 3.8) is 0 Å². The van der Waals surface area contributed by atoms with Crippen molar-refractivity contribution in [1.82, 2.24) is 15.4 Å². The van der Waals surface area contributed by atoms with Crippen LogP contribution in [0, 0.1) is 0 Å². The number of sulfonamides is 1. The molecule has 0 aliphatic carbocycles. The lowest BCUT2D eigenvalue weighted by atomic mass is 10.1. The molecule has 158 valence electrons. The summed E-state index contributed by atoms with van der Waals surface area (Å²) in [7, 11) is -0.0733. The molecule has 1 fully saturated rings. The molecule has 7 nitrogen and oxygen atoms in total. The third-order valence-electron chi connectivity index (χ3n) is 5.00. The summed E-state index contributed by atoms with van der Waals surface area (Å²) >= 11 is 1.79. The van der Waals surface area contributed by atoms with E-state index in [0.29, 0.717) is 12.6 Å². The van der Waals surface area contributed by atoms with E-state index in [4.69, 9.17) is 0 Å². The lowest BCUT2D eigenvalue weighted by molar-refractivity contribution is 0.463. The fraction of sp³-hybridized carbons (Fsp3) is 0.450. The van der Waals surface area contributed by atoms with E-state index in [1.807, 2.05) is 24.3 Å². The van der Waals surface area contributed by atoms with E-state index in [1.54, 1.807) is 18.4 Å². The number of aliphatic imine (C=N–C) groups is 1. The molecule has 0 bridgehead atoms. The van der Waals surface area contributed by atoms with Crippen LogP contribution in [0.1, 0.15) is 24.0 Å². The van der Waals surface area contributed by atoms with Gasteiger partial charge in [-0.1, -0.05) is 24.3 Å². The van der Waals surface area contributed by atoms with Gasteiger partial charge in [0.1, 0.15) is 0 Å². The summed E-state index contributed by atoms with van der Waals surface area (Å²) in [5.74, 6) is 0.750. The highest BCUT2D eigenvalue weighted by atomic mass is 32.2. The number of nitrogens with one attached hydrogen (secondary N) is 3. The molecular weight excluding hydrogens is 406 g/mol. The Morgan fingerprint density at radius 3 is 2.62 bits per heavy atom. The Kier molecular flexibility index (Phi) is 7.51. The van der Waals surface area contributed by atoms with E-state index in [-0.39, 0.29) is 5.75 Å². The van der Waals surface area contributed by atoms with Crippen molar-refractivity contribution in [2.75, 3.05) is 32.1 Å². The van der Waals surface area contributed by atoms with Crippen molar-refractivity contribution >= 4 is 32.3 Å². The Morgan fingerprint density at radius 1 is 1.21 bits per heavy atom. The number of hydrogen-bond donors (Lipinski definition) is 3. The third kappa shape index (κ3) is 6.45. The molecule has 3 N–H and O–H groups in total. The Bertz CT molecular complexity index is 905. The van der Waals surface area contributed by atoms with Gasteiger partial charge in [0.2, 0.25) is 10.0 Å². The molecule has 2 aromatic rings.